The molecule has 0 amide bonds. The molecule has 1 aliphatic rings. The average Bonchev–Trinajstić information content (AvgIpc) is 3.37. The summed E-state index contributed by atoms with van der Waals surface area (Å²) in [5.41, 5.74) is 2.36. The summed E-state index contributed by atoms with van der Waals surface area (Å²) in [6, 6.07) is 12.5. The first-order valence-corrected chi connectivity index (χ1v) is 9.07. The molecule has 2 aromatic rings. The van der Waals surface area contributed by atoms with Crippen molar-refractivity contribution in [2.75, 3.05) is 6.61 Å². The fourth-order valence-corrected chi connectivity index (χ4v) is 3.11. The van der Waals surface area contributed by atoms with Gasteiger partial charge in [-0.05, 0) is 62.4 Å². The predicted octanol–water partition coefficient (Wildman–Crippen LogP) is 5.02. The Labute approximate surface area is 154 Å². The minimum atomic E-state index is -0.269. The molecule has 0 bridgehead atoms. The van der Waals surface area contributed by atoms with Crippen molar-refractivity contribution >= 4 is 5.78 Å². The van der Waals surface area contributed by atoms with Crippen LogP contribution in [0.15, 0.2) is 42.5 Å². The molecular weight excluding hydrogens is 331 g/mol. The smallest absolute Gasteiger partial charge is 0.133 e. The Balaban J connectivity index is 1.60. The minimum Gasteiger partial charge on any atom is -0.491 e. The maximum absolute atomic E-state index is 14.2. The summed E-state index contributed by atoms with van der Waals surface area (Å²) in [7, 11) is 0. The lowest BCUT2D eigenvalue weighted by atomic mass is 10.0. The van der Waals surface area contributed by atoms with Crippen molar-refractivity contribution in [3.05, 3.63) is 53.8 Å². The van der Waals surface area contributed by atoms with Gasteiger partial charge in [0.1, 0.15) is 17.3 Å². The summed E-state index contributed by atoms with van der Waals surface area (Å²) in [5.74, 6) is 1.22. The Morgan fingerprint density at radius 3 is 2.54 bits per heavy atom. The summed E-state index contributed by atoms with van der Waals surface area (Å²) in [5, 5.41) is 0. The zero-order valence-corrected chi connectivity index (χ0v) is 15.5. The number of carbonyl (C=O) groups excluding carboxylic acids is 1. The van der Waals surface area contributed by atoms with Gasteiger partial charge in [0.2, 0.25) is 0 Å². The number of benzene rings is 2. The fourth-order valence-electron chi connectivity index (χ4n) is 3.11. The Bertz CT molecular complexity index is 767. The van der Waals surface area contributed by atoms with Gasteiger partial charge in [0, 0.05) is 11.5 Å². The van der Waals surface area contributed by atoms with Crippen molar-refractivity contribution in [2.24, 2.45) is 11.8 Å². The van der Waals surface area contributed by atoms with Crippen molar-refractivity contribution in [1.29, 1.82) is 0 Å². The van der Waals surface area contributed by atoms with E-state index < -0.39 is 0 Å². The van der Waals surface area contributed by atoms with Crippen LogP contribution in [0.2, 0.25) is 0 Å². The van der Waals surface area contributed by atoms with Crippen LogP contribution in [0.3, 0.4) is 0 Å². The maximum atomic E-state index is 14.2. The summed E-state index contributed by atoms with van der Waals surface area (Å²) >= 11 is 0. The van der Waals surface area contributed by atoms with E-state index in [0.717, 1.165) is 17.5 Å². The van der Waals surface area contributed by atoms with Crippen LogP contribution in [0.5, 0.6) is 5.75 Å². The van der Waals surface area contributed by atoms with Crippen molar-refractivity contribution < 1.29 is 18.7 Å². The molecule has 26 heavy (non-hydrogen) atoms. The van der Waals surface area contributed by atoms with E-state index in [2.05, 4.69) is 0 Å². The van der Waals surface area contributed by atoms with Gasteiger partial charge in [-0.2, -0.15) is 0 Å². The van der Waals surface area contributed by atoms with Crippen LogP contribution in [0.1, 0.15) is 32.8 Å². The molecule has 3 nitrogen and oxygen atoms in total. The molecule has 0 saturated heterocycles. The van der Waals surface area contributed by atoms with Gasteiger partial charge < -0.3 is 9.47 Å². The monoisotopic (exact) mass is 356 g/mol. The third-order valence-corrected chi connectivity index (χ3v) is 4.62. The van der Waals surface area contributed by atoms with Gasteiger partial charge in [-0.1, -0.05) is 24.3 Å². The van der Waals surface area contributed by atoms with E-state index in [-0.39, 0.29) is 23.6 Å². The Kier molecular flexibility index (Phi) is 5.72. The number of Topliss-reactive ketones (excluding diaryl/α,β-unsaturated/α-hetero) is 1. The molecule has 138 valence electrons. The van der Waals surface area contributed by atoms with Gasteiger partial charge >= 0.3 is 0 Å². The largest absolute Gasteiger partial charge is 0.491 e. The number of carbonyl (C=O) groups is 1. The van der Waals surface area contributed by atoms with Gasteiger partial charge in [-0.15, -0.1) is 0 Å². The van der Waals surface area contributed by atoms with E-state index in [1.165, 1.54) is 6.07 Å². The van der Waals surface area contributed by atoms with E-state index in [1.807, 2.05) is 38.1 Å². The lowest BCUT2D eigenvalue weighted by Crippen LogP contribution is -2.05. The van der Waals surface area contributed by atoms with Crippen LogP contribution in [-0.4, -0.2) is 18.5 Å². The van der Waals surface area contributed by atoms with Gasteiger partial charge in [0.05, 0.1) is 19.3 Å². The molecule has 0 N–H and O–H groups in total. The van der Waals surface area contributed by atoms with E-state index in [9.17, 15) is 9.18 Å². The molecule has 0 aliphatic heterocycles. The average molecular weight is 356 g/mol. The molecular formula is C22H25FO3. The first kappa shape index (κ1) is 18.6. The topological polar surface area (TPSA) is 35.5 Å². The molecule has 4 heteroatoms. The van der Waals surface area contributed by atoms with Crippen molar-refractivity contribution in [3.8, 4) is 16.9 Å². The van der Waals surface area contributed by atoms with Gasteiger partial charge in [0.15, 0.2) is 0 Å². The second-order valence-electron chi connectivity index (χ2n) is 7.23. The molecule has 3 rings (SSSR count). The molecule has 1 aliphatic carbocycles. The lowest BCUT2D eigenvalue weighted by Gasteiger charge is -2.12. The van der Waals surface area contributed by atoms with E-state index in [1.54, 1.807) is 19.1 Å². The molecule has 2 unspecified atom stereocenters. The van der Waals surface area contributed by atoms with Crippen LogP contribution < -0.4 is 4.74 Å². The Morgan fingerprint density at radius 2 is 1.92 bits per heavy atom. The zero-order valence-electron chi connectivity index (χ0n) is 15.5. The van der Waals surface area contributed by atoms with E-state index in [4.69, 9.17) is 9.47 Å². The quantitative estimate of drug-likeness (QED) is 0.666. The highest BCUT2D eigenvalue weighted by molar-refractivity contribution is 5.81. The van der Waals surface area contributed by atoms with Crippen molar-refractivity contribution in [2.45, 2.75) is 39.9 Å². The highest BCUT2D eigenvalue weighted by atomic mass is 19.1. The summed E-state index contributed by atoms with van der Waals surface area (Å²) in [6.45, 7) is 6.65. The van der Waals surface area contributed by atoms with Crippen LogP contribution in [0.25, 0.3) is 11.1 Å². The molecule has 2 atom stereocenters. The normalized spacial score (nSPS) is 18.8. The molecule has 1 fully saturated rings. The Morgan fingerprint density at radius 1 is 1.19 bits per heavy atom. The highest BCUT2D eigenvalue weighted by Gasteiger charge is 2.40. The maximum Gasteiger partial charge on any atom is 0.133 e. The molecule has 0 aromatic heterocycles. The molecule has 0 heterocycles. The van der Waals surface area contributed by atoms with E-state index >= 15 is 0 Å². The number of rotatable bonds is 8. The fraction of sp³-hybridized carbons (Fsp3) is 0.409. The SMILES string of the molecule is CC(=O)C1CC1COCc1ccc(-c2cc(OC(C)C)ccc2F)cc1. The summed E-state index contributed by atoms with van der Waals surface area (Å²) < 4.78 is 25.5. The highest BCUT2D eigenvalue weighted by Crippen LogP contribution is 2.39. The second-order valence-corrected chi connectivity index (χ2v) is 7.23. The zero-order chi connectivity index (χ0) is 18.7. The number of ketones is 1. The number of halogens is 1. The van der Waals surface area contributed by atoms with Gasteiger partial charge in [-0.3, -0.25) is 4.79 Å². The molecule has 2 aromatic carbocycles. The van der Waals surface area contributed by atoms with Crippen LogP contribution in [0.4, 0.5) is 4.39 Å². The number of hydrogen-bond donors (Lipinski definition) is 0. The molecule has 0 spiro atoms. The van der Waals surface area contributed by atoms with Crippen molar-refractivity contribution in [1.82, 2.24) is 0 Å². The first-order chi connectivity index (χ1) is 12.4. The predicted molar refractivity (Wildman–Crippen MR) is 99.5 cm³/mol. The summed E-state index contributed by atoms with van der Waals surface area (Å²) in [4.78, 5) is 11.2. The third kappa shape index (κ3) is 4.70. The van der Waals surface area contributed by atoms with Crippen LogP contribution in [-0.2, 0) is 16.1 Å². The standard InChI is InChI=1S/C22H25FO3/c1-14(2)26-19-8-9-22(23)21(11-19)17-6-4-16(5-7-17)12-25-13-18-10-20(18)15(3)24/h4-9,11,14,18,20H,10,12-13H2,1-3H3. The second kappa shape index (κ2) is 8.00. The Hall–Kier alpha value is -2.20. The van der Waals surface area contributed by atoms with Crippen molar-refractivity contribution in [3.63, 3.8) is 0 Å². The lowest BCUT2D eigenvalue weighted by molar-refractivity contribution is -0.118. The number of hydrogen-bond acceptors (Lipinski definition) is 3. The molecule has 1 saturated carbocycles. The third-order valence-electron chi connectivity index (χ3n) is 4.62. The number of ether oxygens (including phenoxy) is 2. The minimum absolute atomic E-state index is 0.0434. The van der Waals surface area contributed by atoms with Gasteiger partial charge in [-0.25, -0.2) is 4.39 Å². The molecule has 0 radical (unpaired) electrons. The first-order valence-electron chi connectivity index (χ1n) is 9.07. The van der Waals surface area contributed by atoms with Crippen LogP contribution >= 0.6 is 0 Å². The summed E-state index contributed by atoms with van der Waals surface area (Å²) in [6.07, 6.45) is 0.990. The van der Waals surface area contributed by atoms with Crippen LogP contribution in [0, 0.1) is 17.7 Å². The van der Waals surface area contributed by atoms with Gasteiger partial charge in [0.25, 0.3) is 0 Å². The van der Waals surface area contributed by atoms with E-state index in [0.29, 0.717) is 30.4 Å².